The third-order valence-electron chi connectivity index (χ3n) is 4.57. The van der Waals surface area contributed by atoms with Crippen molar-refractivity contribution in [2.75, 3.05) is 42.3 Å². The maximum atomic E-state index is 12.7. The van der Waals surface area contributed by atoms with Crippen LogP contribution >= 0.6 is 31.4 Å². The van der Waals surface area contributed by atoms with Crippen LogP contribution in [0.3, 0.4) is 0 Å². The Bertz CT molecular complexity index is 915. The molecule has 2 atom stereocenters. The Kier molecular flexibility index (Phi) is 9.60. The molecule has 0 aromatic carbocycles. The fourth-order valence-corrected chi connectivity index (χ4v) is 7.45. The first-order valence-electron chi connectivity index (χ1n) is 9.70. The molecule has 16 nitrogen and oxygen atoms in total. The van der Waals surface area contributed by atoms with Crippen molar-refractivity contribution in [1.82, 2.24) is 40.9 Å². The molecule has 2 rings (SSSR count). The molecule has 192 valence electrons. The summed E-state index contributed by atoms with van der Waals surface area (Å²) in [5.41, 5.74) is 0. The third kappa shape index (κ3) is 5.73. The van der Waals surface area contributed by atoms with Gasteiger partial charge in [-0.3, -0.25) is 9.80 Å². The minimum atomic E-state index is -1.02. The molecule has 2 heterocycles. The summed E-state index contributed by atoms with van der Waals surface area (Å²) >= 11 is 0. The summed E-state index contributed by atoms with van der Waals surface area (Å²) in [5.74, 6) is -0.00356. The molecular formula is C16H24N10O6S3. The maximum Gasteiger partial charge on any atom is 0.342 e. The predicted molar refractivity (Wildman–Crippen MR) is 133 cm³/mol. The second-order valence-electron chi connectivity index (χ2n) is 6.55. The van der Waals surface area contributed by atoms with Gasteiger partial charge in [0.25, 0.3) is 0 Å². The van der Waals surface area contributed by atoms with Crippen molar-refractivity contribution in [3.05, 3.63) is 0 Å². The summed E-state index contributed by atoms with van der Waals surface area (Å²) in [4.78, 5) is 85.4. The lowest BCUT2D eigenvalue weighted by molar-refractivity contribution is 0.187. The second kappa shape index (κ2) is 12.0. The molecule has 0 aromatic heterocycles. The average Bonchev–Trinajstić information content (AvgIpc) is 3.22. The monoisotopic (exact) mass is 548 g/mol. The summed E-state index contributed by atoms with van der Waals surface area (Å²) in [6.07, 6.45) is 0. The zero-order chi connectivity index (χ0) is 26.4. The molecule has 0 spiro atoms. The Labute approximate surface area is 211 Å². The second-order valence-corrected chi connectivity index (χ2v) is 10.8. The third-order valence-corrected chi connectivity index (χ3v) is 8.91. The van der Waals surface area contributed by atoms with Gasteiger partial charge in [-0.15, -0.1) is 0 Å². The number of imide groups is 2. The molecule has 0 aromatic rings. The molecule has 0 saturated carbocycles. The largest absolute Gasteiger partial charge is 0.342 e. The number of amides is 12. The SMILES string of the molecule is CNC(=O)/N=C1/C(SSSC2/C(=N/C(=O)NC)N(C)C(=O)N2C(=O)NC)N(C(=O)NC)C(=O)N1C. The van der Waals surface area contributed by atoms with Gasteiger partial charge in [0.15, 0.2) is 22.4 Å². The van der Waals surface area contributed by atoms with Gasteiger partial charge in [0, 0.05) is 42.3 Å². The zero-order valence-corrected chi connectivity index (χ0v) is 22.0. The van der Waals surface area contributed by atoms with E-state index in [2.05, 4.69) is 31.3 Å². The number of aliphatic imine (C=N–C) groups is 2. The quantitative estimate of drug-likeness (QED) is 0.364. The maximum absolute atomic E-state index is 12.7. The van der Waals surface area contributed by atoms with Crippen LogP contribution in [-0.2, 0) is 0 Å². The van der Waals surface area contributed by atoms with Crippen molar-refractivity contribution in [2.45, 2.75) is 10.7 Å². The molecule has 2 fully saturated rings. The van der Waals surface area contributed by atoms with Gasteiger partial charge in [-0.1, -0.05) is 0 Å². The van der Waals surface area contributed by atoms with Crippen molar-refractivity contribution in [1.29, 1.82) is 0 Å². The van der Waals surface area contributed by atoms with E-state index in [1.165, 1.54) is 42.3 Å². The van der Waals surface area contributed by atoms with Crippen molar-refractivity contribution in [3.63, 3.8) is 0 Å². The highest BCUT2D eigenvalue weighted by molar-refractivity contribution is 9.09. The van der Waals surface area contributed by atoms with E-state index >= 15 is 0 Å². The lowest BCUT2D eigenvalue weighted by atomic mass is 10.5. The van der Waals surface area contributed by atoms with E-state index in [1.807, 2.05) is 0 Å². The van der Waals surface area contributed by atoms with E-state index in [0.717, 1.165) is 51.0 Å². The normalized spacial score (nSPS) is 22.2. The molecular weight excluding hydrogens is 524 g/mol. The van der Waals surface area contributed by atoms with Crippen LogP contribution in [0.25, 0.3) is 0 Å². The van der Waals surface area contributed by atoms with Crippen LogP contribution in [0.2, 0.25) is 0 Å². The van der Waals surface area contributed by atoms with E-state index in [1.54, 1.807) is 0 Å². The van der Waals surface area contributed by atoms with Gasteiger partial charge in [0.05, 0.1) is 0 Å². The molecule has 19 heteroatoms. The van der Waals surface area contributed by atoms with E-state index in [9.17, 15) is 28.8 Å². The fourth-order valence-electron chi connectivity index (χ4n) is 2.76. The Balaban J connectivity index is 2.35. The summed E-state index contributed by atoms with van der Waals surface area (Å²) in [6.45, 7) is 0. The Hall–Kier alpha value is -3.19. The minimum Gasteiger partial charge on any atom is -0.341 e. The van der Waals surface area contributed by atoms with Crippen molar-refractivity contribution in [2.24, 2.45) is 9.98 Å². The molecule has 12 amide bonds. The van der Waals surface area contributed by atoms with Gasteiger partial charge in [-0.2, -0.15) is 9.98 Å². The highest BCUT2D eigenvalue weighted by Gasteiger charge is 2.48. The van der Waals surface area contributed by atoms with E-state index in [0.29, 0.717) is 0 Å². The molecule has 2 saturated heterocycles. The number of hydrogen-bond acceptors (Lipinski definition) is 9. The summed E-state index contributed by atoms with van der Waals surface area (Å²) in [6, 6.07) is -4.32. The number of carbonyl (C=O) groups is 6. The van der Waals surface area contributed by atoms with Gasteiger partial charge >= 0.3 is 36.2 Å². The van der Waals surface area contributed by atoms with Crippen LogP contribution in [-0.4, -0.2) is 120 Å². The minimum absolute atomic E-state index is 0.00178. The number of urea groups is 6. The highest BCUT2D eigenvalue weighted by atomic mass is 33.5. The molecule has 35 heavy (non-hydrogen) atoms. The number of nitrogens with zero attached hydrogens (tertiary/aromatic N) is 6. The first-order chi connectivity index (χ1) is 16.5. The molecule has 0 aliphatic carbocycles. The van der Waals surface area contributed by atoms with Crippen LogP contribution < -0.4 is 21.3 Å². The van der Waals surface area contributed by atoms with Gasteiger partial charge in [-0.05, 0) is 31.4 Å². The standard InChI is InChI=1S/C16H24N10O6S3/c1-17-11(27)21-7-9(25(13(29)19-3)15(31)23(7)5)33-35-34-10-8(22-12(28)18-2)24(6)16(32)26(10)14(30)20-4/h9-10H,1-6H3,(H,17,27)(H,18,28)(H,19,29)(H,20,30)/b21-7-,22-8-. The van der Waals surface area contributed by atoms with Crippen LogP contribution in [0.4, 0.5) is 28.8 Å². The summed E-state index contributed by atoms with van der Waals surface area (Å²) in [5, 5.41) is 7.31. The van der Waals surface area contributed by atoms with Gasteiger partial charge < -0.3 is 21.3 Å². The average molecular weight is 549 g/mol. The van der Waals surface area contributed by atoms with Gasteiger partial charge in [0.2, 0.25) is 0 Å². The lowest BCUT2D eigenvalue weighted by Crippen LogP contribution is -2.44. The molecule has 4 N–H and O–H groups in total. The summed E-state index contributed by atoms with van der Waals surface area (Å²) in [7, 11) is 11.1. The number of hydrogen-bond donors (Lipinski definition) is 4. The number of rotatable bonds is 4. The molecule has 0 bridgehead atoms. The first kappa shape index (κ1) is 28.1. The van der Waals surface area contributed by atoms with Crippen molar-refractivity contribution in [3.8, 4) is 0 Å². The van der Waals surface area contributed by atoms with Gasteiger partial charge in [0.1, 0.15) is 0 Å². The number of likely N-dealkylation sites (N-methyl/N-ethyl adjacent to an activating group) is 2. The number of nitrogens with one attached hydrogen (secondary N) is 4. The van der Waals surface area contributed by atoms with Crippen LogP contribution in [0, 0.1) is 0 Å². The Morgan fingerprint density at radius 3 is 1.31 bits per heavy atom. The lowest BCUT2D eigenvalue weighted by Gasteiger charge is -2.21. The molecule has 2 aliphatic rings. The van der Waals surface area contributed by atoms with E-state index in [4.69, 9.17) is 0 Å². The first-order valence-corrected chi connectivity index (χ1v) is 13.3. The Morgan fingerprint density at radius 1 is 0.686 bits per heavy atom. The van der Waals surface area contributed by atoms with Crippen LogP contribution in [0.1, 0.15) is 0 Å². The summed E-state index contributed by atoms with van der Waals surface area (Å²) < 4.78 is 0. The topological polar surface area (TPSA) is 188 Å². The Morgan fingerprint density at radius 2 is 1.03 bits per heavy atom. The zero-order valence-electron chi connectivity index (χ0n) is 19.5. The van der Waals surface area contributed by atoms with E-state index in [-0.39, 0.29) is 11.7 Å². The smallest absolute Gasteiger partial charge is 0.341 e. The van der Waals surface area contributed by atoms with E-state index < -0.39 is 46.9 Å². The van der Waals surface area contributed by atoms with Crippen molar-refractivity contribution < 1.29 is 28.8 Å². The van der Waals surface area contributed by atoms with Crippen LogP contribution in [0.5, 0.6) is 0 Å². The molecule has 2 unspecified atom stereocenters. The van der Waals surface area contributed by atoms with Crippen molar-refractivity contribution >= 4 is 79.3 Å². The van der Waals surface area contributed by atoms with Crippen LogP contribution in [0.15, 0.2) is 9.98 Å². The highest BCUT2D eigenvalue weighted by Crippen LogP contribution is 2.46. The molecule has 0 radical (unpaired) electrons. The number of carbonyl (C=O) groups excluding carboxylic acids is 6. The fraction of sp³-hybridized carbons (Fsp3) is 0.500. The van der Waals surface area contributed by atoms with Gasteiger partial charge in [-0.25, -0.2) is 38.6 Å². The molecule has 2 aliphatic heterocycles. The predicted octanol–water partition coefficient (Wildman–Crippen LogP) is 0.558. The number of amidine groups is 2.